The smallest absolute Gasteiger partial charge is 0.338 e. The fourth-order valence-electron chi connectivity index (χ4n) is 2.56. The van der Waals surface area contributed by atoms with Gasteiger partial charge in [-0.25, -0.2) is 9.78 Å². The van der Waals surface area contributed by atoms with Crippen LogP contribution in [0.2, 0.25) is 0 Å². The first kappa shape index (κ1) is 18.8. The predicted octanol–water partition coefficient (Wildman–Crippen LogP) is 3.27. The second-order valence-corrected chi connectivity index (χ2v) is 6.96. The second kappa shape index (κ2) is 8.64. The molecular formula is C20H20N2O4S. The molecule has 0 radical (unpaired) electrons. The number of esters is 1. The van der Waals surface area contributed by atoms with Gasteiger partial charge in [0, 0.05) is 0 Å². The van der Waals surface area contributed by atoms with Gasteiger partial charge in [0.15, 0.2) is 6.61 Å². The molecule has 1 aromatic heterocycles. The molecule has 0 bridgehead atoms. The third-order valence-electron chi connectivity index (χ3n) is 3.91. The Morgan fingerprint density at radius 1 is 1.15 bits per heavy atom. The van der Waals surface area contributed by atoms with Crippen LogP contribution in [0.1, 0.15) is 21.5 Å². The molecule has 3 rings (SSSR count). The Labute approximate surface area is 161 Å². The molecule has 6 nitrogen and oxygen atoms in total. The molecule has 0 saturated carbocycles. The van der Waals surface area contributed by atoms with Crippen molar-refractivity contribution in [3.05, 3.63) is 58.6 Å². The van der Waals surface area contributed by atoms with E-state index in [2.05, 4.69) is 10.3 Å². The van der Waals surface area contributed by atoms with E-state index in [-0.39, 0.29) is 12.5 Å². The van der Waals surface area contributed by atoms with Gasteiger partial charge in [0.2, 0.25) is 0 Å². The van der Waals surface area contributed by atoms with Crippen molar-refractivity contribution in [1.29, 1.82) is 0 Å². The minimum absolute atomic E-state index is 0.330. The number of nitrogens with zero attached hydrogens (tertiary/aromatic N) is 1. The van der Waals surface area contributed by atoms with Gasteiger partial charge in [0.05, 0.1) is 27.8 Å². The van der Waals surface area contributed by atoms with Gasteiger partial charge in [0.1, 0.15) is 12.4 Å². The first-order valence-corrected chi connectivity index (χ1v) is 9.38. The Morgan fingerprint density at radius 2 is 2.00 bits per heavy atom. The lowest BCUT2D eigenvalue weighted by atomic mass is 10.1. The van der Waals surface area contributed by atoms with Crippen molar-refractivity contribution in [2.75, 3.05) is 19.8 Å². The lowest BCUT2D eigenvalue weighted by Gasteiger charge is -2.10. The van der Waals surface area contributed by atoms with Crippen molar-refractivity contribution in [2.45, 2.75) is 13.8 Å². The largest absolute Gasteiger partial charge is 0.491 e. The Balaban J connectivity index is 1.39. The number of aromatic nitrogens is 1. The maximum Gasteiger partial charge on any atom is 0.338 e. The number of hydrogen-bond acceptors (Lipinski definition) is 6. The van der Waals surface area contributed by atoms with Crippen LogP contribution in [-0.4, -0.2) is 36.6 Å². The summed E-state index contributed by atoms with van der Waals surface area (Å²) in [5, 5.41) is 2.67. The molecule has 7 heteroatoms. The van der Waals surface area contributed by atoms with Gasteiger partial charge >= 0.3 is 5.97 Å². The number of carbonyl (C=O) groups excluding carboxylic acids is 2. The fraction of sp³-hybridized carbons (Fsp3) is 0.250. The van der Waals surface area contributed by atoms with Crippen LogP contribution in [0.15, 0.2) is 41.9 Å². The standard InChI is InChI=1S/C20H20N2O4S/c1-13-3-6-17(14(2)9-13)25-8-7-21-19(23)11-26-20(24)15-4-5-16-18(10-15)27-12-22-16/h3-6,9-10,12H,7-8,11H2,1-2H3,(H,21,23). The first-order chi connectivity index (χ1) is 13.0. The Hall–Kier alpha value is -2.93. The quantitative estimate of drug-likeness (QED) is 0.500. The molecule has 0 unspecified atom stereocenters. The molecule has 27 heavy (non-hydrogen) atoms. The van der Waals surface area contributed by atoms with E-state index in [0.717, 1.165) is 21.5 Å². The third kappa shape index (κ3) is 5.04. The van der Waals surface area contributed by atoms with Crippen LogP contribution in [-0.2, 0) is 9.53 Å². The molecular weight excluding hydrogens is 364 g/mol. The summed E-state index contributed by atoms with van der Waals surface area (Å²) in [6.07, 6.45) is 0. The fourth-order valence-corrected chi connectivity index (χ4v) is 3.28. The topological polar surface area (TPSA) is 77.5 Å². The lowest BCUT2D eigenvalue weighted by Crippen LogP contribution is -2.32. The van der Waals surface area contributed by atoms with Crippen molar-refractivity contribution in [2.24, 2.45) is 0 Å². The molecule has 3 aromatic rings. The molecule has 0 saturated heterocycles. The Morgan fingerprint density at radius 3 is 2.81 bits per heavy atom. The number of thiazole rings is 1. The maximum atomic E-state index is 12.1. The van der Waals surface area contributed by atoms with Crippen LogP contribution in [0, 0.1) is 13.8 Å². The average molecular weight is 384 g/mol. The van der Waals surface area contributed by atoms with Crippen LogP contribution >= 0.6 is 11.3 Å². The summed E-state index contributed by atoms with van der Waals surface area (Å²) in [7, 11) is 0. The average Bonchev–Trinajstić information content (AvgIpc) is 3.12. The number of carbonyl (C=O) groups is 2. The molecule has 0 fully saturated rings. The van der Waals surface area contributed by atoms with Crippen molar-refractivity contribution in [3.8, 4) is 5.75 Å². The Bertz CT molecular complexity index is 968. The maximum absolute atomic E-state index is 12.1. The van der Waals surface area contributed by atoms with Gasteiger partial charge in [-0.05, 0) is 43.7 Å². The van der Waals surface area contributed by atoms with E-state index in [1.165, 1.54) is 16.9 Å². The third-order valence-corrected chi connectivity index (χ3v) is 4.71. The number of fused-ring (bicyclic) bond motifs is 1. The number of nitrogens with one attached hydrogen (secondary N) is 1. The molecule has 0 aliphatic carbocycles. The van der Waals surface area contributed by atoms with Crippen molar-refractivity contribution in [1.82, 2.24) is 10.3 Å². The minimum Gasteiger partial charge on any atom is -0.491 e. The summed E-state index contributed by atoms with van der Waals surface area (Å²) >= 11 is 1.44. The van der Waals surface area contributed by atoms with Gasteiger partial charge in [0.25, 0.3) is 5.91 Å². The van der Waals surface area contributed by atoms with E-state index in [0.29, 0.717) is 18.7 Å². The van der Waals surface area contributed by atoms with Crippen molar-refractivity contribution >= 4 is 33.4 Å². The highest BCUT2D eigenvalue weighted by molar-refractivity contribution is 7.16. The SMILES string of the molecule is Cc1ccc(OCCNC(=O)COC(=O)c2ccc3ncsc3c2)c(C)c1. The monoisotopic (exact) mass is 384 g/mol. The van der Waals surface area contributed by atoms with Crippen molar-refractivity contribution < 1.29 is 19.1 Å². The molecule has 1 amide bonds. The lowest BCUT2D eigenvalue weighted by molar-refractivity contribution is -0.124. The minimum atomic E-state index is -0.535. The summed E-state index contributed by atoms with van der Waals surface area (Å²) in [6.45, 7) is 4.34. The summed E-state index contributed by atoms with van der Waals surface area (Å²) < 4.78 is 11.6. The van der Waals surface area contributed by atoms with E-state index in [9.17, 15) is 9.59 Å². The van der Waals surface area contributed by atoms with Gasteiger partial charge in [-0.3, -0.25) is 4.79 Å². The summed E-state index contributed by atoms with van der Waals surface area (Å²) in [4.78, 5) is 28.0. The van der Waals surface area contributed by atoms with Crippen LogP contribution in [0.5, 0.6) is 5.75 Å². The zero-order chi connectivity index (χ0) is 19.2. The van der Waals surface area contributed by atoms with Gasteiger partial charge in [-0.15, -0.1) is 11.3 Å². The molecule has 140 valence electrons. The van der Waals surface area contributed by atoms with E-state index in [1.54, 1.807) is 23.7 Å². The second-order valence-electron chi connectivity index (χ2n) is 6.08. The predicted molar refractivity (Wildman–Crippen MR) is 104 cm³/mol. The Kier molecular flexibility index (Phi) is 6.03. The molecule has 0 aliphatic heterocycles. The van der Waals surface area contributed by atoms with Crippen molar-refractivity contribution in [3.63, 3.8) is 0 Å². The highest BCUT2D eigenvalue weighted by atomic mass is 32.1. The summed E-state index contributed by atoms with van der Waals surface area (Å²) in [5.41, 5.74) is 5.17. The van der Waals surface area contributed by atoms with Crippen LogP contribution in [0.3, 0.4) is 0 Å². The molecule has 2 aromatic carbocycles. The van der Waals surface area contributed by atoms with E-state index >= 15 is 0 Å². The van der Waals surface area contributed by atoms with E-state index < -0.39 is 5.97 Å². The summed E-state index contributed by atoms with van der Waals surface area (Å²) in [5.74, 6) is -0.113. The van der Waals surface area contributed by atoms with Crippen LogP contribution < -0.4 is 10.1 Å². The highest BCUT2D eigenvalue weighted by Crippen LogP contribution is 2.20. The van der Waals surface area contributed by atoms with Crippen LogP contribution in [0.25, 0.3) is 10.2 Å². The zero-order valence-corrected chi connectivity index (χ0v) is 16.0. The normalized spacial score (nSPS) is 10.6. The molecule has 0 atom stereocenters. The molecule has 1 N–H and O–H groups in total. The van der Waals surface area contributed by atoms with E-state index in [1.807, 2.05) is 32.0 Å². The van der Waals surface area contributed by atoms with Gasteiger partial charge < -0.3 is 14.8 Å². The van der Waals surface area contributed by atoms with Gasteiger partial charge in [-0.1, -0.05) is 17.7 Å². The number of hydrogen-bond donors (Lipinski definition) is 1. The van der Waals surface area contributed by atoms with E-state index in [4.69, 9.17) is 9.47 Å². The summed E-state index contributed by atoms with van der Waals surface area (Å²) in [6, 6.07) is 11.0. The number of ether oxygens (including phenoxy) is 2. The number of rotatable bonds is 7. The number of benzene rings is 2. The number of aryl methyl sites for hydroxylation is 2. The zero-order valence-electron chi connectivity index (χ0n) is 15.2. The van der Waals surface area contributed by atoms with Crippen LogP contribution in [0.4, 0.5) is 0 Å². The first-order valence-electron chi connectivity index (χ1n) is 8.50. The molecule has 0 aliphatic rings. The molecule has 0 spiro atoms. The molecule has 1 heterocycles. The number of amides is 1. The highest BCUT2D eigenvalue weighted by Gasteiger charge is 2.11. The van der Waals surface area contributed by atoms with Gasteiger partial charge in [-0.2, -0.15) is 0 Å².